The summed E-state index contributed by atoms with van der Waals surface area (Å²) in [5, 5.41) is 37.1. The molecule has 2 saturated heterocycles. The molecule has 0 aliphatic carbocycles. The number of aromatic nitrogens is 5. The SMILES string of the molecule is COc1cc(N2CCN(CC(=O)NCCCCCCC(=O)N[C@H](C(=O)N3C[C@H](O)C[C@H]3C(=O)NCc3ccc(-c4scnc4C)cc3)C(C)(C)C)CC2)c(NC(=O)/C(C#N)=C/c2ccncc2)cc1Nc1nccc(-c2cn(C)c3ccccc23)n1. The number of carbonyl (C=O) groups is 5. The Morgan fingerprint density at radius 3 is 2.37 bits per heavy atom. The van der Waals surface area contributed by atoms with Crippen LogP contribution in [0.5, 0.6) is 5.75 Å². The van der Waals surface area contributed by atoms with E-state index in [0.29, 0.717) is 79.2 Å². The van der Waals surface area contributed by atoms with Crippen LogP contribution in [0.2, 0.25) is 0 Å². The van der Waals surface area contributed by atoms with Crippen molar-refractivity contribution >= 4 is 80.9 Å². The summed E-state index contributed by atoms with van der Waals surface area (Å²) >= 11 is 1.57. The number of ether oxygens (including phenoxy) is 1. The van der Waals surface area contributed by atoms with Crippen LogP contribution >= 0.6 is 11.3 Å². The number of piperazine rings is 1. The van der Waals surface area contributed by atoms with E-state index in [4.69, 9.17) is 9.72 Å². The van der Waals surface area contributed by atoms with Gasteiger partial charge in [0.2, 0.25) is 29.6 Å². The summed E-state index contributed by atoms with van der Waals surface area (Å²) in [6.45, 7) is 10.6. The van der Waals surface area contributed by atoms with Crippen LogP contribution in [-0.2, 0) is 37.6 Å². The molecule has 448 valence electrons. The fourth-order valence-corrected chi connectivity index (χ4v) is 11.6. The molecule has 4 aromatic heterocycles. The third-order valence-corrected chi connectivity index (χ3v) is 16.4. The average molecular weight is 1180 g/mol. The number of rotatable bonds is 23. The van der Waals surface area contributed by atoms with E-state index in [-0.39, 0.29) is 55.8 Å². The number of carbonyl (C=O) groups excluding carboxylic acids is 5. The molecule has 21 nitrogen and oxygen atoms in total. The smallest absolute Gasteiger partial charge is 0.266 e. The molecule has 5 amide bonds. The van der Waals surface area contributed by atoms with Gasteiger partial charge >= 0.3 is 0 Å². The molecule has 7 aromatic rings. The van der Waals surface area contributed by atoms with Crippen molar-refractivity contribution in [3.8, 4) is 33.5 Å². The Morgan fingerprint density at radius 1 is 0.895 bits per heavy atom. The van der Waals surface area contributed by atoms with Crippen LogP contribution in [0.15, 0.2) is 115 Å². The lowest BCUT2D eigenvalue weighted by Crippen LogP contribution is -2.57. The van der Waals surface area contributed by atoms with Crippen molar-refractivity contribution in [1.29, 1.82) is 5.26 Å². The van der Waals surface area contributed by atoms with Crippen molar-refractivity contribution in [1.82, 2.24) is 50.3 Å². The quantitative estimate of drug-likeness (QED) is 0.0203. The zero-order valence-corrected chi connectivity index (χ0v) is 50.2. The van der Waals surface area contributed by atoms with Gasteiger partial charge in [-0.1, -0.05) is 76.1 Å². The summed E-state index contributed by atoms with van der Waals surface area (Å²) in [4.78, 5) is 92.6. The Hall–Kier alpha value is -9.04. The normalized spacial score (nSPS) is 15.9. The van der Waals surface area contributed by atoms with Crippen molar-refractivity contribution in [2.45, 2.75) is 91.0 Å². The molecule has 6 N–H and O–H groups in total. The molecule has 3 aromatic carbocycles. The maximum atomic E-state index is 14.1. The van der Waals surface area contributed by atoms with Crippen LogP contribution in [0.4, 0.5) is 23.0 Å². The van der Waals surface area contributed by atoms with Gasteiger partial charge in [0.1, 0.15) is 29.5 Å². The zero-order chi connectivity index (χ0) is 60.9. The van der Waals surface area contributed by atoms with Crippen LogP contribution in [0.3, 0.4) is 0 Å². The van der Waals surface area contributed by atoms with E-state index in [1.165, 1.54) is 11.0 Å². The number of pyridine rings is 1. The molecule has 6 heterocycles. The first-order chi connectivity index (χ1) is 41.5. The average Bonchev–Trinajstić information content (AvgIpc) is 2.49. The van der Waals surface area contributed by atoms with E-state index in [9.17, 15) is 34.3 Å². The van der Waals surface area contributed by atoms with E-state index in [0.717, 1.165) is 57.4 Å². The minimum absolute atomic E-state index is 0.00942. The maximum absolute atomic E-state index is 14.1. The number of aliphatic hydroxyl groups excluding tert-OH is 1. The van der Waals surface area contributed by atoms with Crippen molar-refractivity contribution in [2.24, 2.45) is 12.5 Å². The predicted molar refractivity (Wildman–Crippen MR) is 333 cm³/mol. The number of unbranched alkanes of at least 4 members (excludes halogenated alkanes) is 3. The molecule has 0 spiro atoms. The predicted octanol–water partition coefficient (Wildman–Crippen LogP) is 7.76. The highest BCUT2D eigenvalue weighted by Crippen LogP contribution is 2.40. The molecular weight excluding hydrogens is 1110 g/mol. The lowest BCUT2D eigenvalue weighted by molar-refractivity contribution is -0.144. The van der Waals surface area contributed by atoms with Gasteiger partial charge in [0.25, 0.3) is 5.91 Å². The lowest BCUT2D eigenvalue weighted by atomic mass is 9.85. The molecule has 3 atom stereocenters. The summed E-state index contributed by atoms with van der Waals surface area (Å²) < 4.78 is 7.98. The Labute approximate surface area is 504 Å². The van der Waals surface area contributed by atoms with Crippen LogP contribution in [0, 0.1) is 23.7 Å². The van der Waals surface area contributed by atoms with Gasteiger partial charge in [-0.05, 0) is 78.3 Å². The maximum Gasteiger partial charge on any atom is 0.266 e. The van der Waals surface area contributed by atoms with Gasteiger partial charge in [0, 0.05) is 113 Å². The Morgan fingerprint density at radius 2 is 1.65 bits per heavy atom. The molecular formula is C64H74N14O7S. The van der Waals surface area contributed by atoms with Crippen LogP contribution in [0.25, 0.3) is 38.7 Å². The summed E-state index contributed by atoms with van der Waals surface area (Å²) in [6.07, 6.45) is 10.6. The number of nitrogens with zero attached hydrogens (tertiary/aromatic N) is 9. The number of likely N-dealkylation sites (tertiary alicyclic amines) is 1. The number of anilines is 4. The van der Waals surface area contributed by atoms with Crippen molar-refractivity contribution < 1.29 is 33.8 Å². The van der Waals surface area contributed by atoms with E-state index in [1.807, 2.05) is 101 Å². The molecule has 0 radical (unpaired) electrons. The van der Waals surface area contributed by atoms with Crippen LogP contribution in [-0.4, -0.2) is 140 Å². The van der Waals surface area contributed by atoms with Crippen molar-refractivity contribution in [2.75, 3.05) is 68.5 Å². The van der Waals surface area contributed by atoms with Crippen molar-refractivity contribution in [3.05, 3.63) is 132 Å². The minimum atomic E-state index is -0.919. The van der Waals surface area contributed by atoms with Gasteiger partial charge in [0.05, 0.1) is 58.6 Å². The summed E-state index contributed by atoms with van der Waals surface area (Å²) in [7, 11) is 3.55. The fraction of sp³-hybridized carbons (Fsp3) is 0.375. The first-order valence-electron chi connectivity index (χ1n) is 28.9. The highest BCUT2D eigenvalue weighted by atomic mass is 32.1. The molecule has 0 saturated carbocycles. The fourth-order valence-electron chi connectivity index (χ4n) is 10.8. The second kappa shape index (κ2) is 28.2. The molecule has 86 heavy (non-hydrogen) atoms. The summed E-state index contributed by atoms with van der Waals surface area (Å²) in [6, 6.07) is 25.1. The lowest BCUT2D eigenvalue weighted by Gasteiger charge is -2.37. The molecule has 22 heteroatoms. The van der Waals surface area contributed by atoms with Gasteiger partial charge in [-0.2, -0.15) is 5.26 Å². The summed E-state index contributed by atoms with van der Waals surface area (Å²) in [5.41, 5.74) is 8.85. The number of aliphatic hydroxyl groups is 1. The van der Waals surface area contributed by atoms with Crippen molar-refractivity contribution in [3.63, 3.8) is 0 Å². The third kappa shape index (κ3) is 15.4. The molecule has 9 rings (SSSR count). The van der Waals surface area contributed by atoms with Gasteiger partial charge in [-0.25, -0.2) is 15.0 Å². The largest absolute Gasteiger partial charge is 0.494 e. The number of fused-ring (bicyclic) bond motifs is 1. The number of hydrogen-bond acceptors (Lipinski definition) is 16. The number of para-hydroxylation sites is 1. The Balaban J connectivity index is 0.738. The topological polar surface area (TPSA) is 265 Å². The van der Waals surface area contributed by atoms with E-state index < -0.39 is 35.4 Å². The highest BCUT2D eigenvalue weighted by Gasteiger charge is 2.44. The highest BCUT2D eigenvalue weighted by molar-refractivity contribution is 7.13. The summed E-state index contributed by atoms with van der Waals surface area (Å²) in [5.74, 6) is -0.985. The number of nitrogens with one attached hydrogen (secondary N) is 5. The standard InChI is InChI=1S/C64H74N14O7S/c1-41-58(86-40-70-41)44-18-16-43(17-19-44)36-69-61(83)54-32-46(79)37-78(54)62(84)59(64(2,3)4)74-56(80)15-9-7-8-12-23-67-57(81)39-76-27-29-77(30-28-76)53-34-55(85-6)51(33-50(53)71-60(82)45(35-65)31-42-20-24-66-25-21-42)73-63-68-26-22-49(72-63)48-38-75(5)52-14-11-10-13-47(48)52/h10-11,13-14,16-22,24-26,31,33-34,38,40,46,54,59,79H,7-9,12,15,23,27-30,32,36-37,39H2,1-6H3,(H,67,81)(H,69,83)(H,71,82)(H,74,80)(H,68,72,73)/b45-31+/t46-,54+,59-/m1/s1. The number of benzene rings is 3. The molecule has 2 aliphatic heterocycles. The van der Waals surface area contributed by atoms with E-state index in [1.54, 1.807) is 55.2 Å². The zero-order valence-electron chi connectivity index (χ0n) is 49.4. The second-order valence-electron chi connectivity index (χ2n) is 22.8. The van der Waals surface area contributed by atoms with Crippen LogP contribution < -0.4 is 36.2 Å². The van der Waals surface area contributed by atoms with Gasteiger partial charge in [0.15, 0.2) is 0 Å². The Bertz CT molecular complexity index is 3620. The second-order valence-corrected chi connectivity index (χ2v) is 23.6. The van der Waals surface area contributed by atoms with Gasteiger partial charge in [-0.15, -0.1) is 11.3 Å². The van der Waals surface area contributed by atoms with Gasteiger partial charge in [-0.3, -0.25) is 33.9 Å². The number of nitriles is 1. The number of methoxy groups -OCH3 is 1. The minimum Gasteiger partial charge on any atom is -0.494 e. The first-order valence-corrected chi connectivity index (χ1v) is 29.8. The monoisotopic (exact) mass is 1180 g/mol. The van der Waals surface area contributed by atoms with E-state index in [2.05, 4.69) is 68.0 Å². The first kappa shape index (κ1) is 61.5. The van der Waals surface area contributed by atoms with Crippen LogP contribution in [0.1, 0.15) is 76.1 Å². The molecule has 0 bridgehead atoms. The van der Waals surface area contributed by atoms with E-state index >= 15 is 0 Å². The number of aryl methyl sites for hydroxylation is 2. The number of thiazole rings is 1. The number of hydrogen-bond donors (Lipinski definition) is 6. The molecule has 0 unspecified atom stereocenters. The third-order valence-electron chi connectivity index (χ3n) is 15.5. The number of amides is 5. The molecule has 2 aliphatic rings. The molecule has 2 fully saturated rings. The Kier molecular flexibility index (Phi) is 20.2. The number of β-amino-alcohol motifs (C(OH)–C–C–N with tert-alkyl or cyclic N) is 1. The van der Waals surface area contributed by atoms with Gasteiger partial charge < -0.3 is 50.8 Å².